The lowest BCUT2D eigenvalue weighted by Crippen LogP contribution is -2.26. The van der Waals surface area contributed by atoms with Gasteiger partial charge in [0.1, 0.15) is 0 Å². The molecule has 0 aliphatic carbocycles. The number of aryl methyl sites for hydroxylation is 2. The molecular formula is C12H18N4S. The van der Waals surface area contributed by atoms with Crippen molar-refractivity contribution >= 4 is 11.3 Å². The van der Waals surface area contributed by atoms with Gasteiger partial charge in [0.05, 0.1) is 6.20 Å². The normalized spacial score (nSPS) is 12.9. The molecule has 0 fully saturated rings. The van der Waals surface area contributed by atoms with Gasteiger partial charge in [-0.3, -0.25) is 4.68 Å². The van der Waals surface area contributed by atoms with E-state index in [4.69, 9.17) is 5.73 Å². The lowest BCUT2D eigenvalue weighted by molar-refractivity contribution is 0.601. The molecule has 17 heavy (non-hydrogen) atoms. The van der Waals surface area contributed by atoms with Crippen molar-refractivity contribution in [3.8, 4) is 0 Å². The van der Waals surface area contributed by atoms with Gasteiger partial charge in [-0.05, 0) is 19.1 Å². The Morgan fingerprint density at radius 1 is 1.53 bits per heavy atom. The second-order valence-electron chi connectivity index (χ2n) is 4.20. The minimum atomic E-state index is 0.00441. The fraction of sp³-hybridized carbons (Fsp3) is 0.417. The van der Waals surface area contributed by atoms with Crippen LogP contribution in [0.4, 0.5) is 0 Å². The second-order valence-corrected chi connectivity index (χ2v) is 5.57. The Hall–Kier alpha value is -1.17. The summed E-state index contributed by atoms with van der Waals surface area (Å²) in [6.07, 6.45) is 3.78. The number of thiophene rings is 1. The molecule has 2 aromatic rings. The SMILES string of the molecule is Cc1ccc(CNCC(N)c2cnn(C)c2)s1. The van der Waals surface area contributed by atoms with E-state index in [9.17, 15) is 0 Å². The molecule has 0 aliphatic rings. The quantitative estimate of drug-likeness (QED) is 0.847. The minimum Gasteiger partial charge on any atom is -0.323 e. The van der Waals surface area contributed by atoms with Gasteiger partial charge >= 0.3 is 0 Å². The molecule has 5 heteroatoms. The minimum absolute atomic E-state index is 0.00441. The number of hydrogen-bond acceptors (Lipinski definition) is 4. The third kappa shape index (κ3) is 3.39. The topological polar surface area (TPSA) is 55.9 Å². The first-order valence-electron chi connectivity index (χ1n) is 5.65. The van der Waals surface area contributed by atoms with E-state index in [1.54, 1.807) is 4.68 Å². The lowest BCUT2D eigenvalue weighted by Gasteiger charge is -2.10. The van der Waals surface area contributed by atoms with E-state index in [1.165, 1.54) is 9.75 Å². The molecule has 3 N–H and O–H groups in total. The molecule has 0 spiro atoms. The number of hydrogen-bond donors (Lipinski definition) is 2. The smallest absolute Gasteiger partial charge is 0.0537 e. The van der Waals surface area contributed by atoms with E-state index in [-0.39, 0.29) is 6.04 Å². The van der Waals surface area contributed by atoms with Gasteiger partial charge in [-0.25, -0.2) is 0 Å². The third-order valence-corrected chi connectivity index (χ3v) is 3.61. The molecule has 2 aromatic heterocycles. The van der Waals surface area contributed by atoms with Crippen molar-refractivity contribution in [1.29, 1.82) is 0 Å². The van der Waals surface area contributed by atoms with Gasteiger partial charge in [-0.15, -0.1) is 11.3 Å². The molecule has 0 amide bonds. The van der Waals surface area contributed by atoms with Crippen LogP contribution in [0.15, 0.2) is 24.5 Å². The Morgan fingerprint density at radius 2 is 2.35 bits per heavy atom. The van der Waals surface area contributed by atoms with Gasteiger partial charge in [0.2, 0.25) is 0 Å². The standard InChI is InChI=1S/C12H18N4S/c1-9-3-4-11(17-9)6-14-7-12(13)10-5-15-16(2)8-10/h3-5,8,12,14H,6-7,13H2,1-2H3. The molecule has 2 rings (SSSR count). The molecule has 1 unspecified atom stereocenters. The summed E-state index contributed by atoms with van der Waals surface area (Å²) >= 11 is 1.82. The summed E-state index contributed by atoms with van der Waals surface area (Å²) < 4.78 is 1.78. The van der Waals surface area contributed by atoms with Gasteiger partial charge < -0.3 is 11.1 Å². The van der Waals surface area contributed by atoms with E-state index in [0.29, 0.717) is 0 Å². The highest BCUT2D eigenvalue weighted by Gasteiger charge is 2.07. The Labute approximate surface area is 105 Å². The van der Waals surface area contributed by atoms with Gasteiger partial charge in [0, 0.05) is 47.7 Å². The largest absolute Gasteiger partial charge is 0.323 e. The van der Waals surface area contributed by atoms with Gasteiger partial charge in [-0.2, -0.15) is 5.10 Å². The summed E-state index contributed by atoms with van der Waals surface area (Å²) in [5, 5.41) is 7.49. The van der Waals surface area contributed by atoms with E-state index in [0.717, 1.165) is 18.7 Å². The van der Waals surface area contributed by atoms with Crippen LogP contribution in [0.3, 0.4) is 0 Å². The average molecular weight is 250 g/mol. The van der Waals surface area contributed by atoms with Crippen LogP contribution < -0.4 is 11.1 Å². The summed E-state index contributed by atoms with van der Waals surface area (Å²) in [5.74, 6) is 0. The fourth-order valence-electron chi connectivity index (χ4n) is 1.68. The molecule has 0 aromatic carbocycles. The van der Waals surface area contributed by atoms with Crippen LogP contribution in [0.2, 0.25) is 0 Å². The molecule has 0 aliphatic heterocycles. The second kappa shape index (κ2) is 5.44. The van der Waals surface area contributed by atoms with Crippen molar-refractivity contribution in [3.63, 3.8) is 0 Å². The Morgan fingerprint density at radius 3 is 2.94 bits per heavy atom. The van der Waals surface area contributed by atoms with Crippen LogP contribution >= 0.6 is 11.3 Å². The van der Waals surface area contributed by atoms with Crippen LogP contribution in [0, 0.1) is 6.92 Å². The summed E-state index contributed by atoms with van der Waals surface area (Å²) in [5.41, 5.74) is 7.14. The zero-order chi connectivity index (χ0) is 12.3. The molecule has 0 saturated carbocycles. The zero-order valence-corrected chi connectivity index (χ0v) is 11.0. The van der Waals surface area contributed by atoms with Crippen LogP contribution in [-0.2, 0) is 13.6 Å². The highest BCUT2D eigenvalue weighted by atomic mass is 32.1. The van der Waals surface area contributed by atoms with Gasteiger partial charge in [-0.1, -0.05) is 0 Å². The molecule has 1 atom stereocenters. The molecular weight excluding hydrogens is 232 g/mol. The van der Waals surface area contributed by atoms with E-state index >= 15 is 0 Å². The maximum absolute atomic E-state index is 6.07. The highest BCUT2D eigenvalue weighted by Crippen LogP contribution is 2.14. The summed E-state index contributed by atoms with van der Waals surface area (Å²) in [6, 6.07) is 4.30. The lowest BCUT2D eigenvalue weighted by atomic mass is 10.2. The zero-order valence-electron chi connectivity index (χ0n) is 10.2. The highest BCUT2D eigenvalue weighted by molar-refractivity contribution is 7.11. The number of aromatic nitrogens is 2. The monoisotopic (exact) mass is 250 g/mol. The van der Waals surface area contributed by atoms with E-state index in [1.807, 2.05) is 30.8 Å². The van der Waals surface area contributed by atoms with Crippen LogP contribution in [0.5, 0.6) is 0 Å². The maximum Gasteiger partial charge on any atom is 0.0537 e. The van der Waals surface area contributed by atoms with Crippen molar-refractivity contribution in [2.24, 2.45) is 12.8 Å². The van der Waals surface area contributed by atoms with Crippen LogP contribution in [0.1, 0.15) is 21.4 Å². The Kier molecular flexibility index (Phi) is 3.93. The van der Waals surface area contributed by atoms with E-state index in [2.05, 4.69) is 29.5 Å². The van der Waals surface area contributed by atoms with Crippen molar-refractivity contribution in [3.05, 3.63) is 39.8 Å². The summed E-state index contributed by atoms with van der Waals surface area (Å²) in [4.78, 5) is 2.69. The summed E-state index contributed by atoms with van der Waals surface area (Å²) in [6.45, 7) is 3.77. The molecule has 0 saturated heterocycles. The van der Waals surface area contributed by atoms with Crippen LogP contribution in [0.25, 0.3) is 0 Å². The first kappa shape index (κ1) is 12.3. The molecule has 2 heterocycles. The van der Waals surface area contributed by atoms with Crippen molar-refractivity contribution in [2.75, 3.05) is 6.54 Å². The number of rotatable bonds is 5. The Balaban J connectivity index is 1.78. The van der Waals surface area contributed by atoms with Crippen LogP contribution in [-0.4, -0.2) is 16.3 Å². The van der Waals surface area contributed by atoms with E-state index < -0.39 is 0 Å². The molecule has 0 radical (unpaired) electrons. The number of nitrogens with one attached hydrogen (secondary N) is 1. The molecule has 0 bridgehead atoms. The third-order valence-electron chi connectivity index (χ3n) is 2.61. The van der Waals surface area contributed by atoms with Gasteiger partial charge in [0.25, 0.3) is 0 Å². The predicted octanol–water partition coefficient (Wildman–Crippen LogP) is 1.58. The fourth-order valence-corrected chi connectivity index (χ4v) is 2.54. The Bertz CT molecular complexity index is 474. The maximum atomic E-state index is 6.07. The predicted molar refractivity (Wildman–Crippen MR) is 70.9 cm³/mol. The number of nitrogens with zero attached hydrogens (tertiary/aromatic N) is 2. The first-order chi connectivity index (χ1) is 8.15. The first-order valence-corrected chi connectivity index (χ1v) is 6.47. The summed E-state index contributed by atoms with van der Waals surface area (Å²) in [7, 11) is 1.90. The molecule has 4 nitrogen and oxygen atoms in total. The number of nitrogens with two attached hydrogens (primary N) is 1. The van der Waals surface area contributed by atoms with Crippen molar-refractivity contribution < 1.29 is 0 Å². The average Bonchev–Trinajstić information content (AvgIpc) is 2.88. The molecule has 92 valence electrons. The van der Waals surface area contributed by atoms with Crippen molar-refractivity contribution in [2.45, 2.75) is 19.5 Å². The van der Waals surface area contributed by atoms with Gasteiger partial charge in [0.15, 0.2) is 0 Å². The van der Waals surface area contributed by atoms with Crippen molar-refractivity contribution in [1.82, 2.24) is 15.1 Å².